The average Bonchev–Trinajstić information content (AvgIpc) is 2.78. The van der Waals surface area contributed by atoms with E-state index in [4.69, 9.17) is 5.11 Å². The number of aromatic carboxylic acids is 1. The van der Waals surface area contributed by atoms with Crippen LogP contribution in [0.1, 0.15) is 35.2 Å². The summed E-state index contributed by atoms with van der Waals surface area (Å²) in [4.78, 5) is 25.0. The molecular weight excluding hydrogens is 300 g/mol. The average molecular weight is 322 g/mol. The summed E-state index contributed by atoms with van der Waals surface area (Å²) in [6.07, 6.45) is 5.49. The second kappa shape index (κ2) is 8.08. The van der Waals surface area contributed by atoms with Crippen LogP contribution < -0.4 is 5.32 Å². The molecule has 0 bridgehead atoms. The van der Waals surface area contributed by atoms with Crippen LogP contribution in [-0.4, -0.2) is 46.6 Å². The van der Waals surface area contributed by atoms with E-state index in [-0.39, 0.29) is 11.6 Å². The molecule has 1 aliphatic rings. The first kappa shape index (κ1) is 16.7. The first-order chi connectivity index (χ1) is 10.6. The molecule has 0 saturated carbocycles. The van der Waals surface area contributed by atoms with Crippen LogP contribution in [0.4, 0.5) is 4.79 Å². The number of urea groups is 1. The van der Waals surface area contributed by atoms with Crippen molar-refractivity contribution in [2.45, 2.75) is 31.1 Å². The Hall–Kier alpha value is -1.69. The molecule has 1 heterocycles. The Balaban J connectivity index is 1.87. The molecule has 0 aromatic heterocycles. The van der Waals surface area contributed by atoms with Crippen molar-refractivity contribution < 1.29 is 14.7 Å². The molecule has 2 rings (SSSR count). The Bertz CT molecular complexity index is 519. The monoisotopic (exact) mass is 322 g/mol. The lowest BCUT2D eigenvalue weighted by atomic mass is 10.1. The fraction of sp³-hybridized carbons (Fsp3) is 0.500. The van der Waals surface area contributed by atoms with E-state index in [9.17, 15) is 9.59 Å². The summed E-state index contributed by atoms with van der Waals surface area (Å²) in [7, 11) is 0. The molecule has 1 saturated heterocycles. The second-order valence-corrected chi connectivity index (χ2v) is 6.60. The van der Waals surface area contributed by atoms with Gasteiger partial charge in [-0.3, -0.25) is 0 Å². The van der Waals surface area contributed by atoms with Gasteiger partial charge < -0.3 is 15.3 Å². The van der Waals surface area contributed by atoms with Gasteiger partial charge in [-0.1, -0.05) is 18.6 Å². The lowest BCUT2D eigenvalue weighted by Crippen LogP contribution is -2.42. The molecule has 1 unspecified atom stereocenters. The van der Waals surface area contributed by atoms with Gasteiger partial charge in [0.15, 0.2) is 0 Å². The van der Waals surface area contributed by atoms with Crippen molar-refractivity contribution in [2.24, 2.45) is 0 Å². The number of hydrogen-bond acceptors (Lipinski definition) is 3. The predicted molar refractivity (Wildman–Crippen MR) is 88.4 cm³/mol. The van der Waals surface area contributed by atoms with Gasteiger partial charge in [0, 0.05) is 24.9 Å². The molecule has 6 heteroatoms. The number of amides is 2. The molecule has 1 fully saturated rings. The predicted octanol–water partition coefficient (Wildman–Crippen LogP) is 2.81. The fourth-order valence-corrected chi connectivity index (χ4v) is 3.27. The van der Waals surface area contributed by atoms with E-state index in [1.54, 1.807) is 24.3 Å². The third kappa shape index (κ3) is 4.66. The second-order valence-electron chi connectivity index (χ2n) is 5.46. The number of nitrogens with one attached hydrogen (secondary N) is 1. The molecule has 1 aliphatic heterocycles. The lowest BCUT2D eigenvalue weighted by molar-refractivity contribution is 0.0697. The van der Waals surface area contributed by atoms with Crippen molar-refractivity contribution in [3.63, 3.8) is 0 Å². The minimum absolute atomic E-state index is 0.0386. The normalized spacial score (nSPS) is 18.6. The molecule has 120 valence electrons. The molecule has 22 heavy (non-hydrogen) atoms. The molecule has 2 amide bonds. The molecule has 1 aromatic rings. The SMILES string of the molecule is CSC1CCCCN(C(=O)NCc2ccc(C(=O)O)cc2)C1. The largest absolute Gasteiger partial charge is 0.478 e. The van der Waals surface area contributed by atoms with Gasteiger partial charge in [0.1, 0.15) is 0 Å². The molecule has 1 aromatic carbocycles. The van der Waals surface area contributed by atoms with Gasteiger partial charge in [-0.15, -0.1) is 0 Å². The van der Waals surface area contributed by atoms with Gasteiger partial charge in [0.05, 0.1) is 5.56 Å². The first-order valence-electron chi connectivity index (χ1n) is 7.48. The molecule has 5 nitrogen and oxygen atoms in total. The van der Waals surface area contributed by atoms with Crippen molar-refractivity contribution >= 4 is 23.8 Å². The van der Waals surface area contributed by atoms with Gasteiger partial charge in [-0.25, -0.2) is 9.59 Å². The van der Waals surface area contributed by atoms with Crippen molar-refractivity contribution in [3.05, 3.63) is 35.4 Å². The number of rotatable bonds is 4. The number of hydrogen-bond donors (Lipinski definition) is 2. The Kier molecular flexibility index (Phi) is 6.12. The van der Waals surface area contributed by atoms with Crippen molar-refractivity contribution in [1.82, 2.24) is 10.2 Å². The van der Waals surface area contributed by atoms with Crippen LogP contribution in [0, 0.1) is 0 Å². The fourth-order valence-electron chi connectivity index (χ4n) is 2.53. The highest BCUT2D eigenvalue weighted by Crippen LogP contribution is 2.20. The van der Waals surface area contributed by atoms with Crippen LogP contribution in [-0.2, 0) is 6.54 Å². The van der Waals surface area contributed by atoms with E-state index in [1.165, 1.54) is 12.8 Å². The number of likely N-dealkylation sites (tertiary alicyclic amines) is 1. The van der Waals surface area contributed by atoms with Crippen LogP contribution in [0.2, 0.25) is 0 Å². The van der Waals surface area contributed by atoms with Gasteiger partial charge in [-0.05, 0) is 36.8 Å². The highest BCUT2D eigenvalue weighted by atomic mass is 32.2. The zero-order valence-electron chi connectivity index (χ0n) is 12.7. The van der Waals surface area contributed by atoms with E-state index in [1.807, 2.05) is 16.7 Å². The third-order valence-electron chi connectivity index (χ3n) is 3.89. The summed E-state index contributed by atoms with van der Waals surface area (Å²) in [6, 6.07) is 6.54. The number of thioether (sulfide) groups is 1. The summed E-state index contributed by atoms with van der Waals surface area (Å²) in [5, 5.41) is 12.3. The van der Waals surface area contributed by atoms with Crippen LogP contribution in [0.15, 0.2) is 24.3 Å². The highest BCUT2D eigenvalue weighted by Gasteiger charge is 2.21. The number of nitrogens with zero attached hydrogens (tertiary/aromatic N) is 1. The molecule has 0 radical (unpaired) electrons. The zero-order chi connectivity index (χ0) is 15.9. The Morgan fingerprint density at radius 1 is 1.32 bits per heavy atom. The van der Waals surface area contributed by atoms with Crippen LogP contribution in [0.3, 0.4) is 0 Å². The minimum Gasteiger partial charge on any atom is -0.478 e. The van der Waals surface area contributed by atoms with Gasteiger partial charge in [0.25, 0.3) is 0 Å². The number of carboxylic acid groups (broad SMARTS) is 1. The molecule has 0 aliphatic carbocycles. The Morgan fingerprint density at radius 2 is 2.05 bits per heavy atom. The van der Waals surface area contributed by atoms with Crippen LogP contribution >= 0.6 is 11.8 Å². The van der Waals surface area contributed by atoms with E-state index >= 15 is 0 Å². The Morgan fingerprint density at radius 3 is 2.68 bits per heavy atom. The number of carbonyl (C=O) groups is 2. The molecule has 1 atom stereocenters. The zero-order valence-corrected chi connectivity index (χ0v) is 13.6. The number of benzene rings is 1. The van der Waals surface area contributed by atoms with E-state index in [2.05, 4.69) is 11.6 Å². The topological polar surface area (TPSA) is 69.6 Å². The summed E-state index contributed by atoms with van der Waals surface area (Å²) in [5.74, 6) is -0.941. The summed E-state index contributed by atoms with van der Waals surface area (Å²) in [6.45, 7) is 2.02. The molecule has 2 N–H and O–H groups in total. The quantitative estimate of drug-likeness (QED) is 0.894. The van der Waals surface area contributed by atoms with Crippen LogP contribution in [0.5, 0.6) is 0 Å². The maximum atomic E-state index is 12.3. The maximum absolute atomic E-state index is 12.3. The first-order valence-corrected chi connectivity index (χ1v) is 8.76. The summed E-state index contributed by atoms with van der Waals surface area (Å²) in [5.41, 5.74) is 1.15. The minimum atomic E-state index is -0.941. The van der Waals surface area contributed by atoms with Gasteiger partial charge in [0.2, 0.25) is 0 Å². The van der Waals surface area contributed by atoms with E-state index in [0.717, 1.165) is 25.1 Å². The van der Waals surface area contributed by atoms with Crippen molar-refractivity contribution in [2.75, 3.05) is 19.3 Å². The van der Waals surface area contributed by atoms with Crippen molar-refractivity contribution in [3.8, 4) is 0 Å². The number of carboxylic acids is 1. The lowest BCUT2D eigenvalue weighted by Gasteiger charge is -2.24. The smallest absolute Gasteiger partial charge is 0.335 e. The third-order valence-corrected chi connectivity index (χ3v) is 4.94. The number of carbonyl (C=O) groups excluding carboxylic acids is 1. The standard InChI is InChI=1S/C16H22N2O3S/c1-22-14-4-2-3-9-18(11-14)16(21)17-10-12-5-7-13(8-6-12)15(19)20/h5-8,14H,2-4,9-11H2,1H3,(H,17,21)(H,19,20). The summed E-state index contributed by atoms with van der Waals surface area (Å²) >= 11 is 1.82. The van der Waals surface area contributed by atoms with Crippen molar-refractivity contribution in [1.29, 1.82) is 0 Å². The molecular formula is C16H22N2O3S. The maximum Gasteiger partial charge on any atom is 0.335 e. The molecule has 0 spiro atoms. The van der Waals surface area contributed by atoms with E-state index in [0.29, 0.717) is 11.8 Å². The van der Waals surface area contributed by atoms with Gasteiger partial charge in [-0.2, -0.15) is 11.8 Å². The Labute approximate surface area is 135 Å². The van der Waals surface area contributed by atoms with Gasteiger partial charge >= 0.3 is 12.0 Å². The highest BCUT2D eigenvalue weighted by molar-refractivity contribution is 7.99. The van der Waals surface area contributed by atoms with Crippen LogP contribution in [0.25, 0.3) is 0 Å². The van der Waals surface area contributed by atoms with E-state index < -0.39 is 5.97 Å². The summed E-state index contributed by atoms with van der Waals surface area (Å²) < 4.78 is 0.